The van der Waals surface area contributed by atoms with Crippen LogP contribution in [-0.2, 0) is 14.6 Å². The molecule has 0 aromatic heterocycles. The van der Waals surface area contributed by atoms with Crippen LogP contribution in [0.4, 0.5) is 0 Å². The fraction of sp³-hybridized carbons (Fsp3) is 0.400. The molecular weight excluding hydrogens is 200 g/mol. The summed E-state index contributed by atoms with van der Waals surface area (Å²) >= 11 is 0. The van der Waals surface area contributed by atoms with Gasteiger partial charge in [0.15, 0.2) is 9.84 Å². The first-order valence-electron chi connectivity index (χ1n) is 4.54. The van der Waals surface area contributed by atoms with E-state index in [2.05, 4.69) is 0 Å². The predicted molar refractivity (Wildman–Crippen MR) is 52.8 cm³/mol. The van der Waals surface area contributed by atoms with Crippen LogP contribution >= 0.6 is 0 Å². The highest BCUT2D eigenvalue weighted by molar-refractivity contribution is 7.91. The lowest BCUT2D eigenvalue weighted by molar-refractivity contribution is -0.0204. The largest absolute Gasteiger partial charge is 0.381 e. The van der Waals surface area contributed by atoms with Gasteiger partial charge >= 0.3 is 0 Å². The fourth-order valence-corrected chi connectivity index (χ4v) is 2.99. The highest BCUT2D eigenvalue weighted by Crippen LogP contribution is 2.18. The van der Waals surface area contributed by atoms with Crippen molar-refractivity contribution in [2.24, 2.45) is 5.92 Å². The quantitative estimate of drug-likeness (QED) is 0.753. The van der Waals surface area contributed by atoms with Crippen LogP contribution < -0.4 is 0 Å². The second-order valence-corrected chi connectivity index (χ2v) is 5.53. The maximum atomic E-state index is 11.8. The molecule has 76 valence electrons. The van der Waals surface area contributed by atoms with Crippen molar-refractivity contribution in [3.05, 3.63) is 30.3 Å². The smallest absolute Gasteiger partial charge is 0.178 e. The average Bonchev–Trinajstić information content (AvgIpc) is 2.13. The Bertz CT molecular complexity index is 393. The second kappa shape index (κ2) is 3.71. The summed E-state index contributed by atoms with van der Waals surface area (Å²) in [5, 5.41) is 0. The maximum Gasteiger partial charge on any atom is 0.178 e. The van der Waals surface area contributed by atoms with Crippen molar-refractivity contribution in [1.29, 1.82) is 0 Å². The lowest BCUT2D eigenvalue weighted by Gasteiger charge is -2.25. The van der Waals surface area contributed by atoms with E-state index in [9.17, 15) is 8.42 Å². The van der Waals surface area contributed by atoms with Gasteiger partial charge in [0.2, 0.25) is 0 Å². The van der Waals surface area contributed by atoms with Crippen LogP contribution in [0, 0.1) is 5.92 Å². The van der Waals surface area contributed by atoms with E-state index >= 15 is 0 Å². The van der Waals surface area contributed by atoms with Crippen molar-refractivity contribution in [2.45, 2.75) is 4.90 Å². The highest BCUT2D eigenvalue weighted by atomic mass is 32.2. The molecule has 2 rings (SSSR count). The molecule has 1 aromatic carbocycles. The number of sulfone groups is 1. The van der Waals surface area contributed by atoms with Gasteiger partial charge in [0.05, 0.1) is 23.9 Å². The summed E-state index contributed by atoms with van der Waals surface area (Å²) < 4.78 is 28.5. The van der Waals surface area contributed by atoms with E-state index in [0.717, 1.165) is 0 Å². The molecule has 1 fully saturated rings. The third-order valence-corrected chi connectivity index (χ3v) is 4.17. The first-order valence-corrected chi connectivity index (χ1v) is 6.19. The molecule has 0 unspecified atom stereocenters. The third kappa shape index (κ3) is 1.96. The van der Waals surface area contributed by atoms with E-state index in [1.807, 2.05) is 6.07 Å². The standard InChI is InChI=1S/C10H12O3S/c11-14(12,8-9-6-13-7-9)10-4-2-1-3-5-10/h1-5,9H,6-8H2. The molecule has 1 aromatic rings. The molecule has 1 heterocycles. The summed E-state index contributed by atoms with van der Waals surface area (Å²) in [6, 6.07) is 8.56. The summed E-state index contributed by atoms with van der Waals surface area (Å²) in [5.41, 5.74) is 0. The van der Waals surface area contributed by atoms with Gasteiger partial charge in [-0.1, -0.05) is 18.2 Å². The minimum atomic E-state index is -3.10. The van der Waals surface area contributed by atoms with Gasteiger partial charge in [0, 0.05) is 5.92 Å². The summed E-state index contributed by atoms with van der Waals surface area (Å²) in [7, 11) is -3.10. The fourth-order valence-electron chi connectivity index (χ4n) is 1.42. The second-order valence-electron chi connectivity index (χ2n) is 3.50. The van der Waals surface area contributed by atoms with Crippen LogP contribution in [0.25, 0.3) is 0 Å². The zero-order chi connectivity index (χ0) is 10.0. The third-order valence-electron chi connectivity index (χ3n) is 2.26. The molecule has 3 nitrogen and oxygen atoms in total. The Morgan fingerprint density at radius 3 is 2.36 bits per heavy atom. The zero-order valence-corrected chi connectivity index (χ0v) is 8.53. The molecule has 0 N–H and O–H groups in total. The molecule has 0 bridgehead atoms. The van der Waals surface area contributed by atoms with Gasteiger partial charge in [-0.15, -0.1) is 0 Å². The molecule has 0 aliphatic carbocycles. The SMILES string of the molecule is O=S(=O)(CC1COC1)c1ccccc1. The molecule has 1 aliphatic rings. The maximum absolute atomic E-state index is 11.8. The Kier molecular flexibility index (Phi) is 2.56. The summed E-state index contributed by atoms with van der Waals surface area (Å²) in [4.78, 5) is 0.409. The van der Waals surface area contributed by atoms with Gasteiger partial charge in [-0.3, -0.25) is 0 Å². The highest BCUT2D eigenvalue weighted by Gasteiger charge is 2.26. The van der Waals surface area contributed by atoms with Crippen LogP contribution in [0.1, 0.15) is 0 Å². The van der Waals surface area contributed by atoms with Gasteiger partial charge in [0.1, 0.15) is 0 Å². The molecule has 0 amide bonds. The van der Waals surface area contributed by atoms with Crippen molar-refractivity contribution < 1.29 is 13.2 Å². The minimum Gasteiger partial charge on any atom is -0.381 e. The zero-order valence-electron chi connectivity index (χ0n) is 7.72. The van der Waals surface area contributed by atoms with E-state index in [0.29, 0.717) is 18.1 Å². The number of benzene rings is 1. The van der Waals surface area contributed by atoms with E-state index in [-0.39, 0.29) is 11.7 Å². The summed E-state index contributed by atoms with van der Waals surface area (Å²) in [5.74, 6) is 0.386. The minimum absolute atomic E-state index is 0.181. The first-order chi connectivity index (χ1) is 6.68. The van der Waals surface area contributed by atoms with Gasteiger partial charge in [-0.05, 0) is 12.1 Å². The first kappa shape index (κ1) is 9.68. The number of rotatable bonds is 3. The van der Waals surface area contributed by atoms with Gasteiger partial charge in [-0.25, -0.2) is 8.42 Å². The lowest BCUT2D eigenvalue weighted by atomic mass is 10.1. The Morgan fingerprint density at radius 1 is 1.21 bits per heavy atom. The van der Waals surface area contributed by atoms with Gasteiger partial charge in [-0.2, -0.15) is 0 Å². The number of hydrogen-bond donors (Lipinski definition) is 0. The summed E-state index contributed by atoms with van der Waals surface area (Å²) in [6.45, 7) is 1.15. The molecule has 14 heavy (non-hydrogen) atoms. The van der Waals surface area contributed by atoms with E-state index in [1.54, 1.807) is 24.3 Å². The molecule has 1 aliphatic heterocycles. The van der Waals surface area contributed by atoms with Crippen molar-refractivity contribution in [2.75, 3.05) is 19.0 Å². The number of ether oxygens (including phenoxy) is 1. The van der Waals surface area contributed by atoms with Crippen molar-refractivity contribution in [3.8, 4) is 0 Å². The van der Waals surface area contributed by atoms with E-state index in [1.165, 1.54) is 0 Å². The van der Waals surface area contributed by atoms with Crippen molar-refractivity contribution >= 4 is 9.84 Å². The van der Waals surface area contributed by atoms with Gasteiger partial charge < -0.3 is 4.74 Å². The van der Waals surface area contributed by atoms with Crippen LogP contribution in [0.5, 0.6) is 0 Å². The van der Waals surface area contributed by atoms with Crippen LogP contribution in [0.2, 0.25) is 0 Å². The van der Waals surface area contributed by atoms with Crippen LogP contribution in [0.15, 0.2) is 35.2 Å². The van der Waals surface area contributed by atoms with Gasteiger partial charge in [0.25, 0.3) is 0 Å². The Balaban J connectivity index is 2.15. The normalized spacial score (nSPS) is 17.7. The topological polar surface area (TPSA) is 43.4 Å². The molecule has 0 saturated carbocycles. The Hall–Kier alpha value is -0.870. The molecule has 0 radical (unpaired) electrons. The Labute approximate surface area is 83.6 Å². The molecule has 0 atom stereocenters. The monoisotopic (exact) mass is 212 g/mol. The molecule has 0 spiro atoms. The number of hydrogen-bond acceptors (Lipinski definition) is 3. The predicted octanol–water partition coefficient (Wildman–Crippen LogP) is 1.11. The molecular formula is C10H12O3S. The summed E-state index contributed by atoms with van der Waals surface area (Å²) in [6.07, 6.45) is 0. The van der Waals surface area contributed by atoms with Crippen molar-refractivity contribution in [1.82, 2.24) is 0 Å². The Morgan fingerprint density at radius 2 is 1.86 bits per heavy atom. The lowest BCUT2D eigenvalue weighted by Crippen LogP contribution is -2.33. The van der Waals surface area contributed by atoms with Crippen LogP contribution in [-0.4, -0.2) is 27.4 Å². The van der Waals surface area contributed by atoms with Crippen molar-refractivity contribution in [3.63, 3.8) is 0 Å². The van der Waals surface area contributed by atoms with E-state index in [4.69, 9.17) is 4.74 Å². The molecule has 1 saturated heterocycles. The van der Waals surface area contributed by atoms with Crippen LogP contribution in [0.3, 0.4) is 0 Å². The van der Waals surface area contributed by atoms with E-state index < -0.39 is 9.84 Å². The molecule has 4 heteroatoms. The average molecular weight is 212 g/mol.